The summed E-state index contributed by atoms with van der Waals surface area (Å²) < 4.78 is 0. The van der Waals surface area contributed by atoms with Gasteiger partial charge in [0.25, 0.3) is 0 Å². The van der Waals surface area contributed by atoms with E-state index in [4.69, 9.17) is 5.11 Å². The van der Waals surface area contributed by atoms with Gasteiger partial charge in [0.05, 0.1) is 0 Å². The van der Waals surface area contributed by atoms with Crippen molar-refractivity contribution >= 4 is 35.5 Å². The average Bonchev–Trinajstić information content (AvgIpc) is 2.46. The van der Waals surface area contributed by atoms with E-state index in [1.807, 2.05) is 0 Å². The van der Waals surface area contributed by atoms with Gasteiger partial charge in [-0.2, -0.15) is 0 Å². The Morgan fingerprint density at radius 2 is 0.864 bits per heavy atom. The van der Waals surface area contributed by atoms with Crippen LogP contribution in [-0.2, 0) is 4.79 Å². The third-order valence-electron chi connectivity index (χ3n) is 4.24. The Kier molecular flexibility index (Phi) is 24.1. The monoisotopic (exact) mass is 322 g/mol. The maximum atomic E-state index is 10.3. The summed E-state index contributed by atoms with van der Waals surface area (Å²) in [6.07, 6.45) is 21.7. The van der Waals surface area contributed by atoms with E-state index in [1.54, 1.807) is 0 Å². The van der Waals surface area contributed by atoms with Crippen LogP contribution in [0.2, 0.25) is 0 Å². The summed E-state index contributed by atoms with van der Waals surface area (Å²) in [5.41, 5.74) is 0. The molecule has 0 saturated carbocycles. The fraction of sp³-hybridized carbons (Fsp3) is 0.947. The predicted octanol–water partition coefficient (Wildman–Crippen LogP) is 6.07. The first kappa shape index (κ1) is 24.7. The van der Waals surface area contributed by atoms with Crippen LogP contribution in [0.4, 0.5) is 0 Å². The molecule has 0 aromatic rings. The van der Waals surface area contributed by atoms with Gasteiger partial charge in [0.15, 0.2) is 0 Å². The molecule has 0 atom stereocenters. The van der Waals surface area contributed by atoms with Gasteiger partial charge in [-0.05, 0) is 6.42 Å². The first-order valence-electron chi connectivity index (χ1n) is 9.49. The van der Waals surface area contributed by atoms with Crippen molar-refractivity contribution in [3.05, 3.63) is 0 Å². The number of carbonyl (C=O) groups is 1. The molecular formula is C19H39NaO2. The van der Waals surface area contributed by atoms with Crippen molar-refractivity contribution in [3.8, 4) is 0 Å². The molecule has 0 heterocycles. The van der Waals surface area contributed by atoms with Gasteiger partial charge >= 0.3 is 35.5 Å². The van der Waals surface area contributed by atoms with Crippen LogP contribution in [0.5, 0.6) is 0 Å². The van der Waals surface area contributed by atoms with E-state index in [2.05, 4.69) is 6.92 Å². The Morgan fingerprint density at radius 1 is 0.591 bits per heavy atom. The minimum atomic E-state index is -0.652. The van der Waals surface area contributed by atoms with Crippen LogP contribution in [-0.4, -0.2) is 40.6 Å². The molecule has 128 valence electrons. The molecule has 0 unspecified atom stereocenters. The topological polar surface area (TPSA) is 37.3 Å². The van der Waals surface area contributed by atoms with Gasteiger partial charge in [-0.3, -0.25) is 4.79 Å². The summed E-state index contributed by atoms with van der Waals surface area (Å²) >= 11 is 0. The number of carboxylic acids is 1. The molecule has 0 rings (SSSR count). The van der Waals surface area contributed by atoms with Crippen molar-refractivity contribution in [3.63, 3.8) is 0 Å². The minimum absolute atomic E-state index is 0. The molecule has 0 bridgehead atoms. The number of carboxylic acid groups (broad SMARTS) is 1. The molecule has 0 fully saturated rings. The summed E-state index contributed by atoms with van der Waals surface area (Å²) in [5, 5.41) is 8.53. The summed E-state index contributed by atoms with van der Waals surface area (Å²) in [4.78, 5) is 10.3. The van der Waals surface area contributed by atoms with Crippen LogP contribution in [0, 0.1) is 0 Å². The SMILES string of the molecule is CCCCCCCCCCCCCCCCCCC(=O)O.[NaH]. The normalized spacial score (nSPS) is 10.4. The Bertz CT molecular complexity index is 219. The molecule has 0 aliphatic rings. The summed E-state index contributed by atoms with van der Waals surface area (Å²) in [7, 11) is 0. The first-order chi connectivity index (χ1) is 10.3. The van der Waals surface area contributed by atoms with Crippen molar-refractivity contribution in [1.29, 1.82) is 0 Å². The molecular weight excluding hydrogens is 283 g/mol. The van der Waals surface area contributed by atoms with E-state index in [9.17, 15) is 4.79 Å². The molecule has 0 aliphatic heterocycles. The number of aliphatic carboxylic acids is 1. The van der Waals surface area contributed by atoms with E-state index in [0.29, 0.717) is 6.42 Å². The second kappa shape index (κ2) is 21.5. The zero-order valence-electron chi connectivity index (χ0n) is 14.4. The van der Waals surface area contributed by atoms with Crippen molar-refractivity contribution in [2.45, 2.75) is 116 Å². The quantitative estimate of drug-likeness (QED) is 0.260. The van der Waals surface area contributed by atoms with E-state index >= 15 is 0 Å². The standard InChI is InChI=1S/C19H38O2.Na.H/c1-2-3-4-5-6-7-8-9-10-11-12-13-14-15-16-17-18-19(20)21;;/h2-18H2,1H3,(H,20,21);;. The first-order valence-corrected chi connectivity index (χ1v) is 9.49. The second-order valence-corrected chi connectivity index (χ2v) is 6.45. The van der Waals surface area contributed by atoms with Crippen molar-refractivity contribution < 1.29 is 9.90 Å². The summed E-state index contributed by atoms with van der Waals surface area (Å²) in [6.45, 7) is 2.27. The van der Waals surface area contributed by atoms with E-state index in [0.717, 1.165) is 12.8 Å². The Balaban J connectivity index is 0. The fourth-order valence-electron chi connectivity index (χ4n) is 2.82. The van der Waals surface area contributed by atoms with Crippen LogP contribution < -0.4 is 0 Å². The maximum absolute atomic E-state index is 10.3. The molecule has 22 heavy (non-hydrogen) atoms. The number of hydrogen-bond acceptors (Lipinski definition) is 1. The van der Waals surface area contributed by atoms with E-state index < -0.39 is 5.97 Å². The average molecular weight is 323 g/mol. The summed E-state index contributed by atoms with van der Waals surface area (Å²) in [6, 6.07) is 0. The predicted molar refractivity (Wildman–Crippen MR) is 98.9 cm³/mol. The summed E-state index contributed by atoms with van der Waals surface area (Å²) in [5.74, 6) is -0.652. The zero-order chi connectivity index (χ0) is 15.6. The molecule has 0 aromatic carbocycles. The van der Waals surface area contributed by atoms with Gasteiger partial charge in [-0.1, -0.05) is 103 Å². The van der Waals surface area contributed by atoms with Gasteiger partial charge in [-0.25, -0.2) is 0 Å². The second-order valence-electron chi connectivity index (χ2n) is 6.45. The number of unbranched alkanes of at least 4 members (excludes halogenated alkanes) is 15. The Hall–Kier alpha value is 0.470. The van der Waals surface area contributed by atoms with Crippen molar-refractivity contribution in [2.75, 3.05) is 0 Å². The number of hydrogen-bond donors (Lipinski definition) is 1. The molecule has 0 saturated heterocycles. The molecule has 0 aliphatic carbocycles. The van der Waals surface area contributed by atoms with Gasteiger partial charge in [0.1, 0.15) is 0 Å². The molecule has 0 amide bonds. The zero-order valence-corrected chi connectivity index (χ0v) is 14.4. The molecule has 3 heteroatoms. The van der Waals surface area contributed by atoms with Gasteiger partial charge in [0, 0.05) is 6.42 Å². The van der Waals surface area contributed by atoms with Crippen LogP contribution in [0.3, 0.4) is 0 Å². The van der Waals surface area contributed by atoms with E-state index in [-0.39, 0.29) is 29.6 Å². The van der Waals surface area contributed by atoms with Gasteiger partial charge in [0.2, 0.25) is 0 Å². The Labute approximate surface area is 161 Å². The molecule has 1 N–H and O–H groups in total. The van der Waals surface area contributed by atoms with Crippen LogP contribution in [0.15, 0.2) is 0 Å². The third-order valence-corrected chi connectivity index (χ3v) is 4.24. The van der Waals surface area contributed by atoms with Crippen molar-refractivity contribution in [2.24, 2.45) is 0 Å². The van der Waals surface area contributed by atoms with Crippen LogP contribution in [0.25, 0.3) is 0 Å². The van der Waals surface area contributed by atoms with E-state index in [1.165, 1.54) is 89.9 Å². The van der Waals surface area contributed by atoms with Crippen molar-refractivity contribution in [1.82, 2.24) is 0 Å². The molecule has 0 aromatic heterocycles. The van der Waals surface area contributed by atoms with Crippen LogP contribution >= 0.6 is 0 Å². The molecule has 0 spiro atoms. The fourth-order valence-corrected chi connectivity index (χ4v) is 2.82. The Morgan fingerprint density at radius 3 is 1.14 bits per heavy atom. The number of rotatable bonds is 17. The van der Waals surface area contributed by atoms with Gasteiger partial charge in [-0.15, -0.1) is 0 Å². The van der Waals surface area contributed by atoms with Gasteiger partial charge < -0.3 is 5.11 Å². The molecule has 2 nitrogen and oxygen atoms in total. The molecule has 0 radical (unpaired) electrons. The third kappa shape index (κ3) is 22.7. The van der Waals surface area contributed by atoms with Crippen LogP contribution in [0.1, 0.15) is 116 Å².